The van der Waals surface area contributed by atoms with Gasteiger partial charge >= 0.3 is 0 Å². The van der Waals surface area contributed by atoms with E-state index in [2.05, 4.69) is 24.3 Å². The van der Waals surface area contributed by atoms with Gasteiger partial charge in [-0.2, -0.15) is 5.10 Å². The molecule has 1 heterocycles. The topological polar surface area (TPSA) is 72.9 Å². The Balaban J connectivity index is 2.27. The molecule has 0 saturated heterocycles. The lowest BCUT2D eigenvalue weighted by molar-refractivity contribution is 0.0917. The molecule has 0 fully saturated rings. The highest BCUT2D eigenvalue weighted by atomic mass is 16.2. The molecule has 2 rings (SSSR count). The monoisotopic (exact) mass is 286 g/mol. The number of anilines is 1. The average molecular weight is 286 g/mol. The minimum absolute atomic E-state index is 0.0618. The summed E-state index contributed by atoms with van der Waals surface area (Å²) < 4.78 is 1.53. The van der Waals surface area contributed by atoms with E-state index in [0.29, 0.717) is 17.1 Å². The minimum atomic E-state index is -0.196. The van der Waals surface area contributed by atoms with Crippen molar-refractivity contribution in [1.82, 2.24) is 15.1 Å². The standard InChI is InChI=1S/C16H22N4O/c1-10(2)14(12-8-6-5-7-9-12)18-16(21)15-13(17)11(3)19-20(15)4/h5-10,14H,17H2,1-4H3,(H,18,21). The number of nitrogen functional groups attached to an aromatic ring is 1. The van der Waals surface area contributed by atoms with Crippen LogP contribution in [0.15, 0.2) is 30.3 Å². The van der Waals surface area contributed by atoms with Crippen LogP contribution in [-0.2, 0) is 7.05 Å². The van der Waals surface area contributed by atoms with Crippen LogP contribution in [0, 0.1) is 12.8 Å². The number of rotatable bonds is 4. The van der Waals surface area contributed by atoms with Crippen molar-refractivity contribution in [1.29, 1.82) is 0 Å². The molecule has 1 aromatic heterocycles. The normalized spacial score (nSPS) is 12.4. The lowest BCUT2D eigenvalue weighted by Crippen LogP contribution is -2.33. The molecule has 0 spiro atoms. The summed E-state index contributed by atoms with van der Waals surface area (Å²) in [6.07, 6.45) is 0. The predicted octanol–water partition coefficient (Wildman–Crippen LogP) is 2.44. The molecule has 1 unspecified atom stereocenters. The van der Waals surface area contributed by atoms with Gasteiger partial charge in [0.2, 0.25) is 0 Å². The zero-order valence-electron chi connectivity index (χ0n) is 12.9. The Morgan fingerprint density at radius 3 is 2.38 bits per heavy atom. The van der Waals surface area contributed by atoms with Gasteiger partial charge in [0.15, 0.2) is 0 Å². The zero-order chi connectivity index (χ0) is 15.6. The second kappa shape index (κ2) is 5.99. The predicted molar refractivity (Wildman–Crippen MR) is 83.8 cm³/mol. The molecule has 3 N–H and O–H groups in total. The summed E-state index contributed by atoms with van der Waals surface area (Å²) in [7, 11) is 1.73. The SMILES string of the molecule is Cc1nn(C)c(C(=O)NC(c2ccccc2)C(C)C)c1N. The number of nitrogens with one attached hydrogen (secondary N) is 1. The molecule has 0 aliphatic rings. The molecule has 5 nitrogen and oxygen atoms in total. The van der Waals surface area contributed by atoms with Crippen LogP contribution in [0.5, 0.6) is 0 Å². The van der Waals surface area contributed by atoms with Crippen molar-refractivity contribution in [3.8, 4) is 0 Å². The number of aryl methyl sites for hydroxylation is 2. The summed E-state index contributed by atoms with van der Waals surface area (Å²) in [6, 6.07) is 9.88. The Hall–Kier alpha value is -2.30. The second-order valence-corrected chi connectivity index (χ2v) is 5.58. The molecule has 1 atom stereocenters. The smallest absolute Gasteiger partial charge is 0.272 e. The summed E-state index contributed by atoms with van der Waals surface area (Å²) in [5, 5.41) is 7.25. The summed E-state index contributed by atoms with van der Waals surface area (Å²) in [5.41, 5.74) is 8.55. The Morgan fingerprint density at radius 1 is 1.29 bits per heavy atom. The van der Waals surface area contributed by atoms with Gasteiger partial charge in [0, 0.05) is 7.05 Å². The van der Waals surface area contributed by atoms with Crippen LogP contribution in [-0.4, -0.2) is 15.7 Å². The molecular formula is C16H22N4O. The van der Waals surface area contributed by atoms with Crippen molar-refractivity contribution in [2.45, 2.75) is 26.8 Å². The van der Waals surface area contributed by atoms with Gasteiger partial charge in [-0.15, -0.1) is 0 Å². The van der Waals surface area contributed by atoms with Crippen molar-refractivity contribution in [3.05, 3.63) is 47.3 Å². The maximum absolute atomic E-state index is 12.5. The van der Waals surface area contributed by atoms with Crippen LogP contribution in [0.1, 0.15) is 41.6 Å². The van der Waals surface area contributed by atoms with E-state index >= 15 is 0 Å². The third-order valence-corrected chi connectivity index (χ3v) is 3.60. The van der Waals surface area contributed by atoms with E-state index in [1.165, 1.54) is 4.68 Å². The van der Waals surface area contributed by atoms with E-state index in [9.17, 15) is 4.79 Å². The number of nitrogens with two attached hydrogens (primary N) is 1. The van der Waals surface area contributed by atoms with E-state index in [-0.39, 0.29) is 17.9 Å². The highest BCUT2D eigenvalue weighted by molar-refractivity contribution is 5.98. The summed E-state index contributed by atoms with van der Waals surface area (Å²) in [4.78, 5) is 12.5. The molecule has 112 valence electrons. The fourth-order valence-corrected chi connectivity index (χ4v) is 2.45. The fourth-order valence-electron chi connectivity index (χ4n) is 2.45. The Bertz CT molecular complexity index is 631. The van der Waals surface area contributed by atoms with Gasteiger partial charge in [0.1, 0.15) is 5.69 Å². The second-order valence-electron chi connectivity index (χ2n) is 5.58. The molecule has 2 aromatic rings. The van der Waals surface area contributed by atoms with Gasteiger partial charge in [-0.3, -0.25) is 9.48 Å². The third kappa shape index (κ3) is 3.07. The summed E-state index contributed by atoms with van der Waals surface area (Å²) >= 11 is 0. The van der Waals surface area contributed by atoms with Crippen LogP contribution < -0.4 is 11.1 Å². The van der Waals surface area contributed by atoms with Crippen molar-refractivity contribution in [2.24, 2.45) is 13.0 Å². The number of amides is 1. The molecule has 0 aliphatic carbocycles. The first-order valence-corrected chi connectivity index (χ1v) is 7.06. The quantitative estimate of drug-likeness (QED) is 0.906. The van der Waals surface area contributed by atoms with E-state index in [1.807, 2.05) is 30.3 Å². The highest BCUT2D eigenvalue weighted by Gasteiger charge is 2.23. The van der Waals surface area contributed by atoms with Gasteiger partial charge in [0.05, 0.1) is 17.4 Å². The fraction of sp³-hybridized carbons (Fsp3) is 0.375. The van der Waals surface area contributed by atoms with Crippen LogP contribution in [0.2, 0.25) is 0 Å². The van der Waals surface area contributed by atoms with Crippen LogP contribution >= 0.6 is 0 Å². The lowest BCUT2D eigenvalue weighted by Gasteiger charge is -2.23. The Morgan fingerprint density at radius 2 is 1.90 bits per heavy atom. The number of aromatic nitrogens is 2. The van der Waals surface area contributed by atoms with Crippen molar-refractivity contribution < 1.29 is 4.79 Å². The first-order chi connectivity index (χ1) is 9.91. The third-order valence-electron chi connectivity index (χ3n) is 3.60. The number of carbonyl (C=O) groups excluding carboxylic acids is 1. The Kier molecular flexibility index (Phi) is 4.31. The summed E-state index contributed by atoms with van der Waals surface area (Å²) in [6.45, 7) is 5.95. The summed E-state index contributed by atoms with van der Waals surface area (Å²) in [5.74, 6) is 0.0741. The lowest BCUT2D eigenvalue weighted by atomic mass is 9.96. The molecule has 21 heavy (non-hydrogen) atoms. The Labute approximate surface area is 125 Å². The minimum Gasteiger partial charge on any atom is -0.395 e. The van der Waals surface area contributed by atoms with Gasteiger partial charge in [-0.05, 0) is 18.4 Å². The van der Waals surface area contributed by atoms with Gasteiger partial charge < -0.3 is 11.1 Å². The average Bonchev–Trinajstić information content (AvgIpc) is 2.70. The van der Waals surface area contributed by atoms with Crippen LogP contribution in [0.3, 0.4) is 0 Å². The number of hydrogen-bond acceptors (Lipinski definition) is 3. The molecule has 1 amide bonds. The first kappa shape index (κ1) is 15.1. The molecule has 5 heteroatoms. The van der Waals surface area contributed by atoms with Gasteiger partial charge in [0.25, 0.3) is 5.91 Å². The highest BCUT2D eigenvalue weighted by Crippen LogP contribution is 2.23. The van der Waals surface area contributed by atoms with E-state index in [1.54, 1.807) is 14.0 Å². The number of nitrogens with zero attached hydrogens (tertiary/aromatic N) is 2. The van der Waals surface area contributed by atoms with E-state index < -0.39 is 0 Å². The number of hydrogen-bond donors (Lipinski definition) is 2. The maximum Gasteiger partial charge on any atom is 0.272 e. The molecule has 0 saturated carbocycles. The molecule has 0 bridgehead atoms. The number of benzene rings is 1. The zero-order valence-corrected chi connectivity index (χ0v) is 12.9. The molecule has 0 aliphatic heterocycles. The number of carbonyl (C=O) groups is 1. The molecular weight excluding hydrogens is 264 g/mol. The largest absolute Gasteiger partial charge is 0.395 e. The van der Waals surface area contributed by atoms with Crippen molar-refractivity contribution in [3.63, 3.8) is 0 Å². The van der Waals surface area contributed by atoms with Crippen LogP contribution in [0.4, 0.5) is 5.69 Å². The van der Waals surface area contributed by atoms with E-state index in [0.717, 1.165) is 5.56 Å². The van der Waals surface area contributed by atoms with Crippen LogP contribution in [0.25, 0.3) is 0 Å². The van der Waals surface area contributed by atoms with Crippen molar-refractivity contribution >= 4 is 11.6 Å². The van der Waals surface area contributed by atoms with Gasteiger partial charge in [-0.1, -0.05) is 44.2 Å². The maximum atomic E-state index is 12.5. The molecule has 0 radical (unpaired) electrons. The van der Waals surface area contributed by atoms with E-state index in [4.69, 9.17) is 5.73 Å². The van der Waals surface area contributed by atoms with Crippen molar-refractivity contribution in [2.75, 3.05) is 5.73 Å². The van der Waals surface area contributed by atoms with Gasteiger partial charge in [-0.25, -0.2) is 0 Å². The molecule has 1 aromatic carbocycles. The first-order valence-electron chi connectivity index (χ1n) is 7.06.